The lowest BCUT2D eigenvalue weighted by atomic mass is 10.1. The van der Waals surface area contributed by atoms with Crippen LogP contribution in [0.5, 0.6) is 0 Å². The molecule has 12 heavy (non-hydrogen) atoms. The topological polar surface area (TPSA) is 9.23 Å². The van der Waals surface area contributed by atoms with Crippen molar-refractivity contribution in [2.45, 2.75) is 6.42 Å². The number of hydrogen-bond donors (Lipinski definition) is 0. The number of ether oxygens (including phenoxy) is 1. The minimum absolute atomic E-state index is 0.788. The quantitative estimate of drug-likeness (QED) is 0.719. The average molecular weight is 228 g/mol. The fourth-order valence-electron chi connectivity index (χ4n) is 0.942. The minimum Gasteiger partial charge on any atom is -0.385 e. The maximum absolute atomic E-state index is 4.95. The fraction of sp³-hybridized carbons (Fsp3) is 0.300. The van der Waals surface area contributed by atoms with Gasteiger partial charge in [-0.15, -0.1) is 0 Å². The van der Waals surface area contributed by atoms with Crippen molar-refractivity contribution in [1.29, 1.82) is 0 Å². The molecule has 0 saturated carbocycles. The molecule has 0 aliphatic heterocycles. The van der Waals surface area contributed by atoms with E-state index in [1.807, 2.05) is 12.1 Å². The molecule has 1 aromatic rings. The smallest absolute Gasteiger partial charge is 0.0468 e. The van der Waals surface area contributed by atoms with Gasteiger partial charge in [0, 0.05) is 18.2 Å². The van der Waals surface area contributed by atoms with E-state index in [0.717, 1.165) is 17.5 Å². The summed E-state index contributed by atoms with van der Waals surface area (Å²) in [6.07, 6.45) is 3.13. The Kier molecular flexibility index (Phi) is 4.33. The molecule has 65 valence electrons. The second-order valence-corrected chi connectivity index (χ2v) is 3.45. The van der Waals surface area contributed by atoms with Crippen molar-refractivity contribution in [2.24, 2.45) is 0 Å². The normalized spacial score (nSPS) is 10.2. The molecule has 0 atom stereocenters. The minimum atomic E-state index is 0.788. The molecule has 0 aliphatic carbocycles. The number of methoxy groups -OCH3 is 1. The molecule has 0 heterocycles. The summed E-state index contributed by atoms with van der Waals surface area (Å²) in [6, 6.07) is 8.25. The Hall–Kier alpha value is -0.340. The molecule has 1 aromatic carbocycles. The third kappa shape index (κ3) is 3.37. The summed E-state index contributed by atoms with van der Waals surface area (Å²) in [5.74, 6) is 0. The largest absolute Gasteiger partial charge is 0.385 e. The van der Waals surface area contributed by atoms with E-state index < -0.39 is 0 Å². The van der Waals surface area contributed by atoms with Gasteiger partial charge in [-0.05, 0) is 30.5 Å². The van der Waals surface area contributed by atoms with Crippen molar-refractivity contribution in [2.75, 3.05) is 13.7 Å². The van der Waals surface area contributed by atoms with Crippen LogP contribution in [0, 0.1) is 6.42 Å². The van der Waals surface area contributed by atoms with E-state index >= 15 is 0 Å². The van der Waals surface area contributed by atoms with Gasteiger partial charge in [0.05, 0.1) is 0 Å². The van der Waals surface area contributed by atoms with Crippen LogP contribution in [0.2, 0.25) is 0 Å². The summed E-state index contributed by atoms with van der Waals surface area (Å²) in [5.41, 5.74) is 1.25. The second-order valence-electron chi connectivity index (χ2n) is 2.54. The first kappa shape index (κ1) is 9.75. The molecule has 0 aromatic heterocycles. The van der Waals surface area contributed by atoms with E-state index in [1.165, 1.54) is 5.56 Å². The van der Waals surface area contributed by atoms with Crippen molar-refractivity contribution in [3.8, 4) is 0 Å². The Balaban J connectivity index is 2.37. The molecule has 0 aliphatic rings. The van der Waals surface area contributed by atoms with Gasteiger partial charge < -0.3 is 4.74 Å². The van der Waals surface area contributed by atoms with Gasteiger partial charge >= 0.3 is 0 Å². The highest BCUT2D eigenvalue weighted by Gasteiger charge is 1.92. The van der Waals surface area contributed by atoms with Crippen LogP contribution in [0.3, 0.4) is 0 Å². The van der Waals surface area contributed by atoms with E-state index in [2.05, 4.69) is 34.5 Å². The summed E-state index contributed by atoms with van der Waals surface area (Å²) >= 11 is 3.39. The summed E-state index contributed by atoms with van der Waals surface area (Å²) in [5, 5.41) is 0. The second kappa shape index (κ2) is 5.33. The zero-order chi connectivity index (χ0) is 8.81. The Morgan fingerprint density at radius 1 is 1.33 bits per heavy atom. The van der Waals surface area contributed by atoms with Crippen LogP contribution >= 0.6 is 15.9 Å². The molecule has 2 heteroatoms. The van der Waals surface area contributed by atoms with Gasteiger partial charge in [-0.3, -0.25) is 0 Å². The van der Waals surface area contributed by atoms with Crippen molar-refractivity contribution < 1.29 is 4.74 Å². The highest BCUT2D eigenvalue weighted by Crippen LogP contribution is 2.12. The lowest BCUT2D eigenvalue weighted by Gasteiger charge is -1.99. The molecule has 0 amide bonds. The Bertz CT molecular complexity index is 218. The van der Waals surface area contributed by atoms with Crippen LogP contribution in [-0.2, 0) is 4.74 Å². The van der Waals surface area contributed by atoms with Crippen LogP contribution in [0.4, 0.5) is 0 Å². The zero-order valence-corrected chi connectivity index (χ0v) is 8.67. The summed E-state index contributed by atoms with van der Waals surface area (Å²) in [4.78, 5) is 0. The first-order valence-corrected chi connectivity index (χ1v) is 4.70. The molecule has 0 saturated heterocycles. The fourth-order valence-corrected chi connectivity index (χ4v) is 1.21. The first-order valence-electron chi connectivity index (χ1n) is 3.90. The molecule has 1 radical (unpaired) electrons. The highest BCUT2D eigenvalue weighted by molar-refractivity contribution is 9.10. The zero-order valence-electron chi connectivity index (χ0n) is 7.09. The molecule has 1 rings (SSSR count). The van der Waals surface area contributed by atoms with E-state index in [9.17, 15) is 0 Å². The Morgan fingerprint density at radius 2 is 2.00 bits per heavy atom. The standard InChI is InChI=1S/C10H12BrO/c1-12-8-2-3-9-4-6-10(11)7-5-9/h3-7H,2,8H2,1H3. The number of rotatable bonds is 4. The first-order chi connectivity index (χ1) is 5.83. The van der Waals surface area contributed by atoms with Gasteiger partial charge in [0.15, 0.2) is 0 Å². The van der Waals surface area contributed by atoms with Gasteiger partial charge in [0.2, 0.25) is 0 Å². The monoisotopic (exact) mass is 227 g/mol. The van der Waals surface area contributed by atoms with Crippen LogP contribution in [0.15, 0.2) is 28.7 Å². The molecule has 1 nitrogen and oxygen atoms in total. The Morgan fingerprint density at radius 3 is 2.58 bits per heavy atom. The van der Waals surface area contributed by atoms with E-state index in [4.69, 9.17) is 4.74 Å². The van der Waals surface area contributed by atoms with Crippen LogP contribution in [0.1, 0.15) is 12.0 Å². The van der Waals surface area contributed by atoms with Gasteiger partial charge in [-0.25, -0.2) is 0 Å². The van der Waals surface area contributed by atoms with E-state index in [1.54, 1.807) is 7.11 Å². The SMILES string of the molecule is COCC[CH]c1ccc(Br)cc1. The van der Waals surface area contributed by atoms with Crippen molar-refractivity contribution in [3.05, 3.63) is 40.7 Å². The predicted molar refractivity (Wildman–Crippen MR) is 54.0 cm³/mol. The van der Waals surface area contributed by atoms with Crippen molar-refractivity contribution >= 4 is 15.9 Å². The molecule has 0 bridgehead atoms. The van der Waals surface area contributed by atoms with Gasteiger partial charge in [0.25, 0.3) is 0 Å². The third-order valence-electron chi connectivity index (χ3n) is 1.57. The molecule has 0 spiro atoms. The lowest BCUT2D eigenvalue weighted by Crippen LogP contribution is -1.89. The molecular weight excluding hydrogens is 216 g/mol. The predicted octanol–water partition coefficient (Wildman–Crippen LogP) is 3.04. The number of halogens is 1. The number of hydrogen-bond acceptors (Lipinski definition) is 1. The maximum atomic E-state index is 4.95. The Labute approximate surface area is 81.9 Å². The van der Waals surface area contributed by atoms with Crippen LogP contribution < -0.4 is 0 Å². The van der Waals surface area contributed by atoms with Gasteiger partial charge in [0.1, 0.15) is 0 Å². The third-order valence-corrected chi connectivity index (χ3v) is 2.10. The average Bonchev–Trinajstić information content (AvgIpc) is 2.09. The summed E-state index contributed by atoms with van der Waals surface area (Å²) in [7, 11) is 1.72. The summed E-state index contributed by atoms with van der Waals surface area (Å²) < 4.78 is 6.06. The molecule has 0 N–H and O–H groups in total. The van der Waals surface area contributed by atoms with Crippen molar-refractivity contribution in [3.63, 3.8) is 0 Å². The molecule has 0 unspecified atom stereocenters. The van der Waals surface area contributed by atoms with Gasteiger partial charge in [-0.2, -0.15) is 0 Å². The van der Waals surface area contributed by atoms with E-state index in [0.29, 0.717) is 0 Å². The summed E-state index contributed by atoms with van der Waals surface area (Å²) in [6.45, 7) is 0.788. The molecular formula is C10H12BrO. The van der Waals surface area contributed by atoms with Gasteiger partial charge in [-0.1, -0.05) is 28.1 Å². The molecule has 0 fully saturated rings. The number of benzene rings is 1. The highest BCUT2D eigenvalue weighted by atomic mass is 79.9. The van der Waals surface area contributed by atoms with Crippen LogP contribution in [0.25, 0.3) is 0 Å². The van der Waals surface area contributed by atoms with Crippen molar-refractivity contribution in [1.82, 2.24) is 0 Å². The maximum Gasteiger partial charge on any atom is 0.0468 e. The van der Waals surface area contributed by atoms with Crippen LogP contribution in [-0.4, -0.2) is 13.7 Å². The van der Waals surface area contributed by atoms with E-state index in [-0.39, 0.29) is 0 Å². The lowest BCUT2D eigenvalue weighted by molar-refractivity contribution is 0.202.